The van der Waals surface area contributed by atoms with Crippen molar-refractivity contribution in [2.45, 2.75) is 57.4 Å². The lowest BCUT2D eigenvalue weighted by Crippen LogP contribution is -2.50. The average Bonchev–Trinajstić information content (AvgIpc) is 3.88. The molecule has 2 saturated heterocycles. The Kier molecular flexibility index (Phi) is 10.0. The third-order valence-electron chi connectivity index (χ3n) is 10.9. The molecule has 1 atom stereocenters. The van der Waals surface area contributed by atoms with Gasteiger partial charge >= 0.3 is 6.03 Å². The Morgan fingerprint density at radius 3 is 2.51 bits per heavy atom. The topological polar surface area (TPSA) is 203 Å². The van der Waals surface area contributed by atoms with Crippen molar-refractivity contribution < 1.29 is 9.59 Å². The van der Waals surface area contributed by atoms with Crippen molar-refractivity contribution in [2.75, 3.05) is 54.4 Å². The second kappa shape index (κ2) is 15.5. The van der Waals surface area contributed by atoms with Gasteiger partial charge in [-0.25, -0.2) is 24.4 Å². The van der Waals surface area contributed by atoms with Gasteiger partial charge in [-0.3, -0.25) is 19.9 Å². The number of piperazine rings is 1. The molecule has 0 unspecified atom stereocenters. The molecule has 3 amide bonds. The van der Waals surface area contributed by atoms with E-state index in [-0.39, 0.29) is 12.3 Å². The lowest BCUT2D eigenvalue weighted by Gasteiger charge is -2.37. The zero-order chi connectivity index (χ0) is 37.9. The van der Waals surface area contributed by atoms with E-state index in [0.29, 0.717) is 52.6 Å². The van der Waals surface area contributed by atoms with E-state index in [4.69, 9.17) is 0 Å². The molecule has 17 heteroatoms. The van der Waals surface area contributed by atoms with E-state index in [1.165, 1.54) is 17.5 Å². The smallest absolute Gasteiger partial charge is 0.329 e. The van der Waals surface area contributed by atoms with Crippen LogP contribution in [0, 0.1) is 28.6 Å². The summed E-state index contributed by atoms with van der Waals surface area (Å²) in [4.78, 5) is 43.6. The van der Waals surface area contributed by atoms with Crippen molar-refractivity contribution in [3.63, 3.8) is 0 Å². The van der Waals surface area contributed by atoms with Crippen molar-refractivity contribution in [2.24, 2.45) is 5.92 Å². The number of hydrogen-bond acceptors (Lipinski definition) is 13. The summed E-state index contributed by atoms with van der Waals surface area (Å²) < 4.78 is 3.33. The molecule has 0 spiro atoms. The highest BCUT2D eigenvalue weighted by molar-refractivity contribution is 6.05. The molecular weight excluding hydrogens is 699 g/mol. The van der Waals surface area contributed by atoms with E-state index in [1.54, 1.807) is 34.7 Å². The van der Waals surface area contributed by atoms with Crippen LogP contribution in [0.2, 0.25) is 0 Å². The molecule has 5 aromatic heterocycles. The molecule has 3 aliphatic rings. The standard InChI is InChI=1S/C38H41N15O2/c1-25(18-39)45-31-17-35(53-37-29(21-44-53)16-27(19-40)20-43-37)42-23-33(31)52-24-32(47-48-52)28-4-2-26(3-5-28)8-10-49-12-14-50(15-13-49)30-6-7-34(41-22-30)51-11-9-36(54)46-38(51)55/h6-7,16-17,20-26,28H,2-5,8-15H2,1H3,(H,42,45)(H,46,54,55)/t25-,26?,28?/m1/s1. The first-order valence-corrected chi connectivity index (χ1v) is 18.7. The Hall–Kier alpha value is -6.46. The minimum atomic E-state index is -0.469. The van der Waals surface area contributed by atoms with Crippen molar-refractivity contribution in [1.82, 2.24) is 49.9 Å². The van der Waals surface area contributed by atoms with E-state index in [9.17, 15) is 20.1 Å². The molecule has 0 radical (unpaired) electrons. The van der Waals surface area contributed by atoms with Gasteiger partial charge in [0.25, 0.3) is 0 Å². The van der Waals surface area contributed by atoms with Crippen LogP contribution in [0.25, 0.3) is 22.5 Å². The number of hydrogen-bond donors (Lipinski definition) is 2. The average molecular weight is 740 g/mol. The molecule has 1 saturated carbocycles. The van der Waals surface area contributed by atoms with Gasteiger partial charge in [-0.2, -0.15) is 20.3 Å². The summed E-state index contributed by atoms with van der Waals surface area (Å²) >= 11 is 0. The molecule has 280 valence electrons. The lowest BCUT2D eigenvalue weighted by molar-refractivity contribution is -0.120. The number of pyridine rings is 3. The van der Waals surface area contributed by atoms with Gasteiger partial charge in [0.05, 0.1) is 53.5 Å². The van der Waals surface area contributed by atoms with Gasteiger partial charge in [-0.1, -0.05) is 5.21 Å². The van der Waals surface area contributed by atoms with Gasteiger partial charge in [0, 0.05) is 62.7 Å². The number of nitrogens with zero attached hydrogens (tertiary/aromatic N) is 13. The first-order valence-electron chi connectivity index (χ1n) is 18.7. The van der Waals surface area contributed by atoms with Gasteiger partial charge in [-0.15, -0.1) is 5.10 Å². The number of amides is 3. The number of carbonyl (C=O) groups is 2. The maximum absolute atomic E-state index is 12.2. The highest BCUT2D eigenvalue weighted by atomic mass is 16.2. The highest BCUT2D eigenvalue weighted by Gasteiger charge is 2.28. The van der Waals surface area contributed by atoms with Crippen molar-refractivity contribution in [1.29, 1.82) is 10.5 Å². The summed E-state index contributed by atoms with van der Waals surface area (Å²) in [5.41, 5.74) is 4.37. The zero-order valence-corrected chi connectivity index (χ0v) is 30.5. The summed E-state index contributed by atoms with van der Waals surface area (Å²) in [6.07, 6.45) is 14.6. The Morgan fingerprint density at radius 1 is 0.945 bits per heavy atom. The summed E-state index contributed by atoms with van der Waals surface area (Å²) in [7, 11) is 0. The van der Waals surface area contributed by atoms with Crippen molar-refractivity contribution in [3.05, 3.63) is 66.5 Å². The van der Waals surface area contributed by atoms with Crippen molar-refractivity contribution >= 4 is 40.2 Å². The van der Waals surface area contributed by atoms with Crippen LogP contribution >= 0.6 is 0 Å². The number of nitrogens with one attached hydrogen (secondary N) is 2. The second-order valence-corrected chi connectivity index (χ2v) is 14.4. The van der Waals surface area contributed by atoms with Crippen LogP contribution < -0.4 is 20.4 Å². The zero-order valence-electron chi connectivity index (χ0n) is 30.5. The number of aromatic nitrogens is 8. The van der Waals surface area contributed by atoms with Gasteiger partial charge in [-0.05, 0) is 69.7 Å². The van der Waals surface area contributed by atoms with E-state index in [1.807, 2.05) is 30.6 Å². The molecule has 0 aromatic carbocycles. The molecule has 2 aliphatic heterocycles. The number of fused-ring (bicyclic) bond motifs is 1. The van der Waals surface area contributed by atoms with E-state index in [0.717, 1.165) is 75.2 Å². The lowest BCUT2D eigenvalue weighted by atomic mass is 9.79. The molecular formula is C38H41N15O2. The number of urea groups is 1. The molecule has 1 aliphatic carbocycles. The van der Waals surface area contributed by atoms with Crippen LogP contribution in [-0.2, 0) is 4.79 Å². The van der Waals surface area contributed by atoms with Gasteiger partial charge in [0.15, 0.2) is 11.5 Å². The highest BCUT2D eigenvalue weighted by Crippen LogP contribution is 2.37. The van der Waals surface area contributed by atoms with Crippen LogP contribution in [0.3, 0.4) is 0 Å². The van der Waals surface area contributed by atoms with E-state index in [2.05, 4.69) is 62.9 Å². The number of nitriles is 2. The predicted molar refractivity (Wildman–Crippen MR) is 203 cm³/mol. The Labute approximate surface area is 317 Å². The summed E-state index contributed by atoms with van der Waals surface area (Å²) in [5.74, 6) is 1.83. The Morgan fingerprint density at radius 2 is 1.76 bits per heavy atom. The maximum Gasteiger partial charge on any atom is 0.329 e. The van der Waals surface area contributed by atoms with Gasteiger partial charge in [0.2, 0.25) is 5.91 Å². The van der Waals surface area contributed by atoms with Crippen LogP contribution in [0.5, 0.6) is 0 Å². The Balaban J connectivity index is 0.836. The normalized spacial score (nSPS) is 19.8. The van der Waals surface area contributed by atoms with Crippen LogP contribution in [0.1, 0.15) is 62.6 Å². The SMILES string of the molecule is C[C@H](C#N)Nc1cc(-n2ncc3cc(C#N)cnc32)ncc1-n1cc(C2CCC(CCN3CCN(c4ccc(N5CCC(=O)NC5=O)nc4)CC3)CC2)nn1. The molecule has 17 nitrogen and oxygen atoms in total. The second-order valence-electron chi connectivity index (χ2n) is 14.4. The molecule has 7 heterocycles. The third-order valence-corrected chi connectivity index (χ3v) is 10.9. The number of anilines is 3. The van der Waals surface area contributed by atoms with E-state index < -0.39 is 12.1 Å². The van der Waals surface area contributed by atoms with Gasteiger partial charge in [0.1, 0.15) is 23.6 Å². The quantitative estimate of drug-likeness (QED) is 0.209. The first kappa shape index (κ1) is 35.6. The first-order chi connectivity index (χ1) is 26.8. The molecule has 55 heavy (non-hydrogen) atoms. The van der Waals surface area contributed by atoms with Crippen LogP contribution in [0.4, 0.5) is 22.0 Å². The largest absolute Gasteiger partial charge is 0.368 e. The monoisotopic (exact) mass is 739 g/mol. The molecule has 2 N–H and O–H groups in total. The summed E-state index contributed by atoms with van der Waals surface area (Å²) in [6, 6.07) is 10.9. The van der Waals surface area contributed by atoms with Crippen LogP contribution in [-0.4, -0.2) is 102 Å². The fraction of sp³-hybridized carbons (Fsp3) is 0.421. The van der Waals surface area contributed by atoms with Crippen LogP contribution in [0.15, 0.2) is 55.2 Å². The third kappa shape index (κ3) is 7.65. The minimum Gasteiger partial charge on any atom is -0.368 e. The summed E-state index contributed by atoms with van der Waals surface area (Å²) in [6.45, 7) is 7.06. The van der Waals surface area contributed by atoms with Gasteiger partial charge < -0.3 is 10.2 Å². The molecule has 3 fully saturated rings. The number of carbonyl (C=O) groups excluding carboxylic acids is 2. The molecule has 0 bridgehead atoms. The predicted octanol–water partition coefficient (Wildman–Crippen LogP) is 3.92. The van der Waals surface area contributed by atoms with Crippen molar-refractivity contribution in [3.8, 4) is 23.6 Å². The minimum absolute atomic E-state index is 0.253. The Bertz CT molecular complexity index is 2270. The summed E-state index contributed by atoms with van der Waals surface area (Å²) in [5, 5.41) is 38.7. The maximum atomic E-state index is 12.2. The fourth-order valence-electron chi connectivity index (χ4n) is 7.70. The number of imide groups is 1. The fourth-order valence-corrected chi connectivity index (χ4v) is 7.70. The molecule has 8 rings (SSSR count). The molecule has 5 aromatic rings. The van der Waals surface area contributed by atoms with E-state index >= 15 is 0 Å². The number of rotatable bonds is 10.